The van der Waals surface area contributed by atoms with Gasteiger partial charge in [-0.05, 0) is 67.6 Å². The third-order valence-corrected chi connectivity index (χ3v) is 7.83. The summed E-state index contributed by atoms with van der Waals surface area (Å²) in [6.45, 7) is 2.37. The van der Waals surface area contributed by atoms with E-state index in [0.717, 1.165) is 32.2 Å². The fourth-order valence-corrected chi connectivity index (χ4v) is 5.50. The molecule has 0 aliphatic carbocycles. The summed E-state index contributed by atoms with van der Waals surface area (Å²) in [7, 11) is -1.65. The largest absolute Gasteiger partial charge is 0.488 e. The lowest BCUT2D eigenvalue weighted by atomic mass is 10.1. The molecule has 5 aromatic rings. The van der Waals surface area contributed by atoms with E-state index in [1.54, 1.807) is 36.6 Å². The van der Waals surface area contributed by atoms with Gasteiger partial charge < -0.3 is 19.2 Å². The predicted molar refractivity (Wildman–Crippen MR) is 146 cm³/mol. The SMILES string of the molecule is COC[C@H](C)Oc1cc(Oc2ccc(S(C)(=O)=O)cc2)cc(-c2ccc(-c3nc4ccccc4s3)[nH]2)c1. The molecule has 0 saturated carbocycles. The smallest absolute Gasteiger partial charge is 0.175 e. The monoisotopic (exact) mass is 534 g/mol. The Kier molecular flexibility index (Phi) is 7.01. The van der Waals surface area contributed by atoms with Crippen LogP contribution in [-0.4, -0.2) is 44.5 Å². The quantitative estimate of drug-likeness (QED) is 0.230. The molecular formula is C28H26N2O5S2. The molecule has 0 bridgehead atoms. The molecule has 7 nitrogen and oxygen atoms in total. The highest BCUT2D eigenvalue weighted by Gasteiger charge is 2.14. The Morgan fingerprint density at radius 1 is 0.919 bits per heavy atom. The molecule has 37 heavy (non-hydrogen) atoms. The summed E-state index contributed by atoms with van der Waals surface area (Å²) < 4.78 is 42.1. The summed E-state index contributed by atoms with van der Waals surface area (Å²) in [6, 6.07) is 24.1. The number of methoxy groups -OCH3 is 1. The molecule has 1 atom stereocenters. The van der Waals surface area contributed by atoms with E-state index in [0.29, 0.717) is 23.9 Å². The summed E-state index contributed by atoms with van der Waals surface area (Å²) in [5, 5.41) is 0.913. The summed E-state index contributed by atoms with van der Waals surface area (Å²) in [5.41, 5.74) is 3.65. The number of sulfone groups is 1. The summed E-state index contributed by atoms with van der Waals surface area (Å²) in [5.74, 6) is 1.70. The number of aromatic amines is 1. The molecule has 0 aliphatic rings. The minimum atomic E-state index is -3.29. The zero-order valence-electron chi connectivity index (χ0n) is 20.6. The average molecular weight is 535 g/mol. The van der Waals surface area contributed by atoms with Crippen LogP contribution in [0.2, 0.25) is 0 Å². The van der Waals surface area contributed by atoms with Crippen LogP contribution in [0, 0.1) is 0 Å². The van der Waals surface area contributed by atoms with Gasteiger partial charge in [0, 0.05) is 30.7 Å². The van der Waals surface area contributed by atoms with Crippen molar-refractivity contribution in [2.24, 2.45) is 0 Å². The number of benzene rings is 3. The topological polar surface area (TPSA) is 90.5 Å². The molecule has 190 valence electrons. The summed E-state index contributed by atoms with van der Waals surface area (Å²) in [6.07, 6.45) is 1.01. The predicted octanol–water partition coefficient (Wildman–Crippen LogP) is 6.57. The maximum Gasteiger partial charge on any atom is 0.175 e. The maximum absolute atomic E-state index is 11.8. The van der Waals surface area contributed by atoms with Gasteiger partial charge >= 0.3 is 0 Å². The van der Waals surface area contributed by atoms with Crippen LogP contribution in [0.4, 0.5) is 0 Å². The van der Waals surface area contributed by atoms with Gasteiger partial charge in [-0.3, -0.25) is 0 Å². The van der Waals surface area contributed by atoms with E-state index >= 15 is 0 Å². The van der Waals surface area contributed by atoms with Gasteiger partial charge in [0.25, 0.3) is 0 Å². The molecule has 2 heterocycles. The number of para-hydroxylation sites is 1. The number of nitrogens with one attached hydrogen (secondary N) is 1. The molecule has 0 spiro atoms. The molecule has 0 radical (unpaired) electrons. The van der Waals surface area contributed by atoms with Gasteiger partial charge in [0.2, 0.25) is 0 Å². The Morgan fingerprint density at radius 2 is 1.65 bits per heavy atom. The zero-order valence-corrected chi connectivity index (χ0v) is 22.2. The number of hydrogen-bond donors (Lipinski definition) is 1. The van der Waals surface area contributed by atoms with Crippen molar-refractivity contribution in [1.29, 1.82) is 0 Å². The second kappa shape index (κ2) is 10.4. The van der Waals surface area contributed by atoms with E-state index in [-0.39, 0.29) is 11.0 Å². The molecule has 0 saturated heterocycles. The van der Waals surface area contributed by atoms with Gasteiger partial charge in [-0.1, -0.05) is 12.1 Å². The van der Waals surface area contributed by atoms with Crippen LogP contribution < -0.4 is 9.47 Å². The fraction of sp³-hybridized carbons (Fsp3) is 0.179. The standard InChI is InChI=1S/C28H26N2O5S2/c1-18(17-33-2)34-21-14-19(15-22(16-21)35-20-8-10-23(11-9-20)37(3,31)32)24-12-13-26(29-24)28-30-25-6-4-5-7-27(25)36-28/h4-16,18,29H,17H2,1-3H3/t18-/m0/s1. The summed E-state index contributed by atoms with van der Waals surface area (Å²) in [4.78, 5) is 8.46. The lowest BCUT2D eigenvalue weighted by Gasteiger charge is -2.16. The number of aromatic nitrogens is 2. The second-order valence-electron chi connectivity index (χ2n) is 8.69. The van der Waals surface area contributed by atoms with Crippen molar-refractivity contribution in [1.82, 2.24) is 9.97 Å². The van der Waals surface area contributed by atoms with Crippen LogP contribution in [0.3, 0.4) is 0 Å². The Balaban J connectivity index is 1.47. The van der Waals surface area contributed by atoms with Gasteiger partial charge in [0.1, 0.15) is 28.4 Å². The van der Waals surface area contributed by atoms with Gasteiger partial charge in [0.15, 0.2) is 9.84 Å². The zero-order chi connectivity index (χ0) is 26.0. The lowest BCUT2D eigenvalue weighted by Crippen LogP contribution is -2.17. The highest BCUT2D eigenvalue weighted by Crippen LogP contribution is 2.35. The average Bonchev–Trinajstić information content (AvgIpc) is 3.51. The minimum absolute atomic E-state index is 0.163. The van der Waals surface area contributed by atoms with Crippen LogP contribution >= 0.6 is 11.3 Å². The first-order valence-electron chi connectivity index (χ1n) is 11.6. The molecule has 1 N–H and O–H groups in total. The molecule has 0 amide bonds. The second-order valence-corrected chi connectivity index (χ2v) is 11.7. The minimum Gasteiger partial charge on any atom is -0.488 e. The Morgan fingerprint density at radius 3 is 2.38 bits per heavy atom. The first kappa shape index (κ1) is 25.0. The van der Waals surface area contributed by atoms with Crippen LogP contribution in [-0.2, 0) is 14.6 Å². The lowest BCUT2D eigenvalue weighted by molar-refractivity contribution is 0.0920. The maximum atomic E-state index is 11.8. The van der Waals surface area contributed by atoms with E-state index in [2.05, 4.69) is 11.1 Å². The molecule has 0 aliphatic heterocycles. The van der Waals surface area contributed by atoms with Gasteiger partial charge in [-0.25, -0.2) is 13.4 Å². The Bertz CT molecular complexity index is 1610. The van der Waals surface area contributed by atoms with Gasteiger partial charge in [-0.15, -0.1) is 11.3 Å². The normalized spacial score (nSPS) is 12.5. The van der Waals surface area contributed by atoms with E-state index in [9.17, 15) is 8.42 Å². The highest BCUT2D eigenvalue weighted by molar-refractivity contribution is 7.90. The van der Waals surface area contributed by atoms with Crippen molar-refractivity contribution in [2.45, 2.75) is 17.9 Å². The number of rotatable bonds is 9. The summed E-state index contributed by atoms with van der Waals surface area (Å²) >= 11 is 1.64. The number of fused-ring (bicyclic) bond motifs is 1. The third-order valence-electron chi connectivity index (χ3n) is 5.63. The fourth-order valence-electron chi connectivity index (χ4n) is 3.92. The van der Waals surface area contributed by atoms with E-state index in [1.165, 1.54) is 18.4 Å². The number of nitrogens with zero attached hydrogens (tertiary/aromatic N) is 1. The molecule has 5 rings (SSSR count). The third kappa shape index (κ3) is 5.85. The Hall–Kier alpha value is -3.66. The van der Waals surface area contributed by atoms with Crippen LogP contribution in [0.1, 0.15) is 6.92 Å². The first-order chi connectivity index (χ1) is 17.8. The number of thiazole rings is 1. The van der Waals surface area contributed by atoms with Crippen LogP contribution in [0.25, 0.3) is 32.2 Å². The van der Waals surface area contributed by atoms with Crippen LogP contribution in [0.15, 0.2) is 83.8 Å². The Labute approximate surface area is 219 Å². The van der Waals surface area contributed by atoms with E-state index in [4.69, 9.17) is 19.2 Å². The highest BCUT2D eigenvalue weighted by atomic mass is 32.2. The van der Waals surface area contributed by atoms with Crippen molar-refractivity contribution >= 4 is 31.4 Å². The number of ether oxygens (including phenoxy) is 3. The van der Waals surface area contributed by atoms with E-state index < -0.39 is 9.84 Å². The van der Waals surface area contributed by atoms with Crippen LogP contribution in [0.5, 0.6) is 17.2 Å². The molecule has 0 fully saturated rings. The van der Waals surface area contributed by atoms with E-state index in [1.807, 2.05) is 49.4 Å². The number of H-pyrrole nitrogens is 1. The molecular weight excluding hydrogens is 508 g/mol. The molecule has 3 aromatic carbocycles. The molecule has 2 aromatic heterocycles. The molecule has 0 unspecified atom stereocenters. The van der Waals surface area contributed by atoms with Gasteiger partial charge in [-0.2, -0.15) is 0 Å². The van der Waals surface area contributed by atoms with Crippen molar-refractivity contribution in [3.05, 3.63) is 78.9 Å². The van der Waals surface area contributed by atoms with Crippen molar-refractivity contribution in [3.8, 4) is 39.2 Å². The van der Waals surface area contributed by atoms with Crippen molar-refractivity contribution < 1.29 is 22.6 Å². The van der Waals surface area contributed by atoms with Gasteiger partial charge in [0.05, 0.1) is 27.4 Å². The van der Waals surface area contributed by atoms with Crippen molar-refractivity contribution in [2.75, 3.05) is 20.0 Å². The first-order valence-corrected chi connectivity index (χ1v) is 14.3. The van der Waals surface area contributed by atoms with Crippen molar-refractivity contribution in [3.63, 3.8) is 0 Å². The molecule has 9 heteroatoms. The number of hydrogen-bond acceptors (Lipinski definition) is 7.